The van der Waals surface area contributed by atoms with Gasteiger partial charge in [-0.25, -0.2) is 22.8 Å². The molecule has 0 unspecified atom stereocenters. The molecular formula is C19H16BrF3N4O4S. The Labute approximate surface area is 192 Å². The molecule has 0 bridgehead atoms. The highest BCUT2D eigenvalue weighted by Gasteiger charge is 2.46. The summed E-state index contributed by atoms with van der Waals surface area (Å²) in [4.78, 5) is 4.76. The van der Waals surface area contributed by atoms with E-state index in [1.165, 1.54) is 6.20 Å². The van der Waals surface area contributed by atoms with Crippen LogP contribution in [0.15, 0.2) is 46.2 Å². The lowest BCUT2D eigenvalue weighted by Gasteiger charge is -2.41. The quantitative estimate of drug-likeness (QED) is 0.339. The maximum Gasteiger partial charge on any atom is 0.194 e. The first-order valence-electron chi connectivity index (χ1n) is 9.26. The van der Waals surface area contributed by atoms with Gasteiger partial charge >= 0.3 is 0 Å². The van der Waals surface area contributed by atoms with Crippen molar-refractivity contribution in [2.75, 3.05) is 6.61 Å². The molecule has 0 spiro atoms. The lowest BCUT2D eigenvalue weighted by Crippen LogP contribution is -2.55. The van der Waals surface area contributed by atoms with Gasteiger partial charge in [0.25, 0.3) is 0 Å². The number of halogens is 4. The molecule has 32 heavy (non-hydrogen) atoms. The van der Waals surface area contributed by atoms with Crippen LogP contribution in [0.3, 0.4) is 0 Å². The monoisotopic (exact) mass is 532 g/mol. The zero-order valence-corrected chi connectivity index (χ0v) is 18.4. The molecule has 8 nitrogen and oxygen atoms in total. The number of benzene rings is 1. The van der Waals surface area contributed by atoms with Crippen molar-refractivity contribution in [1.82, 2.24) is 20.0 Å². The average molecular weight is 533 g/mol. The lowest BCUT2D eigenvalue weighted by atomic mass is 9.97. The molecule has 1 aliphatic rings. The Kier molecular flexibility index (Phi) is 6.83. The summed E-state index contributed by atoms with van der Waals surface area (Å²) < 4.78 is 47.8. The van der Waals surface area contributed by atoms with Crippen molar-refractivity contribution >= 4 is 27.7 Å². The molecule has 1 fully saturated rings. The Hall–Kier alpha value is -2.03. The van der Waals surface area contributed by atoms with Gasteiger partial charge in [0.05, 0.1) is 12.8 Å². The third kappa shape index (κ3) is 4.40. The minimum atomic E-state index is -1.61. The average Bonchev–Trinajstić information content (AvgIpc) is 3.25. The van der Waals surface area contributed by atoms with Gasteiger partial charge in [-0.1, -0.05) is 17.0 Å². The van der Waals surface area contributed by atoms with E-state index >= 15 is 0 Å². The normalized spacial score (nSPS) is 25.8. The Bertz CT molecular complexity index is 1100. The molecule has 1 aromatic carbocycles. The molecule has 2 aromatic heterocycles. The fourth-order valence-corrected chi connectivity index (χ4v) is 4.91. The van der Waals surface area contributed by atoms with Crippen molar-refractivity contribution in [3.63, 3.8) is 0 Å². The van der Waals surface area contributed by atoms with Gasteiger partial charge in [0, 0.05) is 16.7 Å². The highest BCUT2D eigenvalue weighted by Crippen LogP contribution is 2.39. The second-order valence-corrected chi connectivity index (χ2v) is 8.84. The number of aliphatic hydroxyl groups excluding tert-OH is 3. The van der Waals surface area contributed by atoms with Crippen LogP contribution in [-0.2, 0) is 4.74 Å². The maximum atomic E-state index is 13.6. The second kappa shape index (κ2) is 9.45. The van der Waals surface area contributed by atoms with Crippen LogP contribution in [0.25, 0.3) is 11.3 Å². The van der Waals surface area contributed by atoms with Gasteiger partial charge in [-0.15, -0.1) is 5.10 Å². The second-order valence-electron chi connectivity index (χ2n) is 6.95. The number of pyridine rings is 1. The Morgan fingerprint density at radius 2 is 1.88 bits per heavy atom. The van der Waals surface area contributed by atoms with Gasteiger partial charge in [-0.2, -0.15) is 0 Å². The summed E-state index contributed by atoms with van der Waals surface area (Å²) >= 11 is 4.43. The van der Waals surface area contributed by atoms with E-state index in [9.17, 15) is 28.5 Å². The fourth-order valence-electron chi connectivity index (χ4n) is 3.32. The minimum Gasteiger partial charge on any atom is -0.394 e. The summed E-state index contributed by atoms with van der Waals surface area (Å²) in [5, 5.41) is 39.0. The molecular weight excluding hydrogens is 517 g/mol. The largest absolute Gasteiger partial charge is 0.394 e. The molecule has 3 N–H and O–H groups in total. The van der Waals surface area contributed by atoms with Crippen molar-refractivity contribution in [2.24, 2.45) is 0 Å². The zero-order valence-electron chi connectivity index (χ0n) is 16.0. The number of hydrogen-bond donors (Lipinski definition) is 3. The summed E-state index contributed by atoms with van der Waals surface area (Å²) in [6.45, 7) is -0.536. The first kappa shape index (κ1) is 23.1. The van der Waals surface area contributed by atoms with Crippen molar-refractivity contribution in [2.45, 2.75) is 34.7 Å². The molecule has 0 radical (unpaired) electrons. The number of rotatable bonds is 5. The molecule has 0 amide bonds. The van der Waals surface area contributed by atoms with Gasteiger partial charge in [0.1, 0.15) is 40.1 Å². The molecule has 170 valence electrons. The number of ether oxygens (including phenoxy) is 1. The topological polar surface area (TPSA) is 114 Å². The zero-order chi connectivity index (χ0) is 23.0. The van der Waals surface area contributed by atoms with Crippen molar-refractivity contribution in [3.05, 3.63) is 58.7 Å². The van der Waals surface area contributed by atoms with Crippen LogP contribution in [0.2, 0.25) is 0 Å². The van der Waals surface area contributed by atoms with Crippen LogP contribution in [0.1, 0.15) is 6.04 Å². The van der Waals surface area contributed by atoms with Crippen LogP contribution >= 0.6 is 27.7 Å². The van der Waals surface area contributed by atoms with E-state index in [2.05, 4.69) is 31.2 Å². The van der Waals surface area contributed by atoms with Crippen molar-refractivity contribution in [3.8, 4) is 11.3 Å². The molecule has 3 heterocycles. The predicted octanol–water partition coefficient (Wildman–Crippen LogP) is 2.29. The van der Waals surface area contributed by atoms with Crippen LogP contribution in [-0.4, -0.2) is 65.7 Å². The summed E-state index contributed by atoms with van der Waals surface area (Å²) in [6, 6.07) is 3.86. The van der Waals surface area contributed by atoms with Crippen LogP contribution in [0.5, 0.6) is 0 Å². The molecule has 4 rings (SSSR count). The smallest absolute Gasteiger partial charge is 0.194 e. The standard InChI is InChI=1S/C19H16BrF3N4O4S/c20-18-13(2-1-3-24-18)32-19-17(30)15(16(29)12(7-28)31-19)27-6-11(25-26-27)8-4-9(21)14(23)10(22)5-8/h1-6,12,15-17,19,28-30H,7H2/t12-,15+,16+,17-,19-/m1/s1. The van der Waals surface area contributed by atoms with Crippen LogP contribution in [0, 0.1) is 17.5 Å². The molecule has 1 aliphatic heterocycles. The number of aliphatic hydroxyl groups is 3. The molecule has 1 saturated heterocycles. The van der Waals surface area contributed by atoms with E-state index in [1.54, 1.807) is 18.3 Å². The summed E-state index contributed by atoms with van der Waals surface area (Å²) in [6.07, 6.45) is -0.913. The molecule has 0 aliphatic carbocycles. The number of nitrogens with zero attached hydrogens (tertiary/aromatic N) is 4. The highest BCUT2D eigenvalue weighted by atomic mass is 79.9. The van der Waals surface area contributed by atoms with E-state index in [4.69, 9.17) is 4.74 Å². The van der Waals surface area contributed by atoms with Crippen LogP contribution < -0.4 is 0 Å². The third-order valence-electron chi connectivity index (χ3n) is 4.91. The molecule has 3 aromatic rings. The van der Waals surface area contributed by atoms with Gasteiger partial charge in [-0.3, -0.25) is 0 Å². The van der Waals surface area contributed by atoms with E-state index in [1.807, 2.05) is 0 Å². The minimum absolute atomic E-state index is 0.00607. The maximum absolute atomic E-state index is 13.6. The number of aromatic nitrogens is 4. The molecule has 5 atom stereocenters. The summed E-state index contributed by atoms with van der Waals surface area (Å²) in [5.74, 6) is -4.39. The number of hydrogen-bond acceptors (Lipinski definition) is 8. The van der Waals surface area contributed by atoms with Gasteiger partial charge in [-0.05, 0) is 40.2 Å². The molecule has 0 saturated carbocycles. The number of thioether (sulfide) groups is 1. The van der Waals surface area contributed by atoms with E-state index in [-0.39, 0.29) is 11.3 Å². The van der Waals surface area contributed by atoms with Gasteiger partial charge in [0.15, 0.2) is 17.5 Å². The SMILES string of the molecule is OC[C@H]1O[C@H](Sc2cccnc2Br)[C@H](O)[C@@H](n2cc(-c3cc(F)c(F)c(F)c3)nn2)[C@H]1O. The molecule has 13 heteroatoms. The Morgan fingerprint density at radius 3 is 2.53 bits per heavy atom. The highest BCUT2D eigenvalue weighted by molar-refractivity contribution is 9.10. The Balaban J connectivity index is 1.65. The first-order valence-corrected chi connectivity index (χ1v) is 10.9. The fraction of sp³-hybridized carbons (Fsp3) is 0.316. The van der Waals surface area contributed by atoms with Gasteiger partial charge < -0.3 is 20.1 Å². The van der Waals surface area contributed by atoms with Gasteiger partial charge in [0.2, 0.25) is 0 Å². The predicted molar refractivity (Wildman–Crippen MR) is 110 cm³/mol. The van der Waals surface area contributed by atoms with E-state index < -0.39 is 53.8 Å². The van der Waals surface area contributed by atoms with Crippen molar-refractivity contribution in [1.29, 1.82) is 0 Å². The van der Waals surface area contributed by atoms with Crippen molar-refractivity contribution < 1.29 is 33.2 Å². The van der Waals surface area contributed by atoms with E-state index in [0.717, 1.165) is 28.6 Å². The third-order valence-corrected chi connectivity index (χ3v) is 7.01. The summed E-state index contributed by atoms with van der Waals surface area (Å²) in [5.41, 5.74) is -1.00. The lowest BCUT2D eigenvalue weighted by molar-refractivity contribution is -0.178. The van der Waals surface area contributed by atoms with E-state index in [0.29, 0.717) is 9.50 Å². The summed E-state index contributed by atoms with van der Waals surface area (Å²) in [7, 11) is 0. The Morgan fingerprint density at radius 1 is 1.16 bits per heavy atom. The van der Waals surface area contributed by atoms with Crippen LogP contribution in [0.4, 0.5) is 13.2 Å². The first-order chi connectivity index (χ1) is 15.3.